The number of quaternary nitrogens is 1. The summed E-state index contributed by atoms with van der Waals surface area (Å²) < 4.78 is 0. The average Bonchev–Trinajstić information content (AvgIpc) is 3.48. The number of amides is 2. The van der Waals surface area contributed by atoms with Crippen molar-refractivity contribution in [3.05, 3.63) is 87.6 Å². The van der Waals surface area contributed by atoms with Crippen molar-refractivity contribution in [2.24, 2.45) is 0 Å². The minimum absolute atomic E-state index is 0.128. The van der Waals surface area contributed by atoms with Crippen LogP contribution in [-0.4, -0.2) is 24.9 Å². The van der Waals surface area contributed by atoms with Gasteiger partial charge in [-0.2, -0.15) is 0 Å². The molecule has 5 nitrogen and oxygen atoms in total. The highest BCUT2D eigenvalue weighted by atomic mass is 32.1. The van der Waals surface area contributed by atoms with Crippen molar-refractivity contribution in [2.75, 3.05) is 18.4 Å². The van der Waals surface area contributed by atoms with Gasteiger partial charge >= 0.3 is 0 Å². The monoisotopic (exact) mass is 420 g/mol. The lowest BCUT2D eigenvalue weighted by molar-refractivity contribution is -0.901. The molecule has 1 aliphatic rings. The minimum Gasteiger partial charge on any atom is -0.348 e. The Bertz CT molecular complexity index is 976. The van der Waals surface area contributed by atoms with E-state index >= 15 is 0 Å². The van der Waals surface area contributed by atoms with Crippen LogP contribution < -0.4 is 15.5 Å². The van der Waals surface area contributed by atoms with Crippen LogP contribution in [0.2, 0.25) is 0 Å². The summed E-state index contributed by atoms with van der Waals surface area (Å²) in [6, 6.07) is 19.1. The van der Waals surface area contributed by atoms with Gasteiger partial charge < -0.3 is 15.5 Å². The van der Waals surface area contributed by atoms with Crippen LogP contribution in [0, 0.1) is 0 Å². The molecule has 0 bridgehead atoms. The van der Waals surface area contributed by atoms with Crippen molar-refractivity contribution in [2.45, 2.75) is 25.9 Å². The van der Waals surface area contributed by atoms with E-state index < -0.39 is 0 Å². The van der Waals surface area contributed by atoms with Crippen LogP contribution in [0.4, 0.5) is 5.69 Å². The van der Waals surface area contributed by atoms with Crippen LogP contribution in [-0.2, 0) is 13.1 Å². The van der Waals surface area contributed by atoms with E-state index in [4.69, 9.17) is 0 Å². The highest BCUT2D eigenvalue weighted by Crippen LogP contribution is 2.14. The van der Waals surface area contributed by atoms with Crippen LogP contribution in [0.1, 0.15) is 44.0 Å². The molecule has 0 aliphatic carbocycles. The number of hydrogen-bond acceptors (Lipinski definition) is 3. The molecule has 4 rings (SSSR count). The topological polar surface area (TPSA) is 62.6 Å². The van der Waals surface area contributed by atoms with Crippen molar-refractivity contribution < 1.29 is 14.5 Å². The van der Waals surface area contributed by atoms with Crippen molar-refractivity contribution >= 4 is 28.8 Å². The van der Waals surface area contributed by atoms with Crippen LogP contribution in [0.5, 0.6) is 0 Å². The van der Waals surface area contributed by atoms with E-state index in [-0.39, 0.29) is 11.8 Å². The smallest absolute Gasteiger partial charge is 0.265 e. The third-order valence-electron chi connectivity index (χ3n) is 5.39. The molecule has 3 N–H and O–H groups in total. The van der Waals surface area contributed by atoms with Gasteiger partial charge in [-0.05, 0) is 41.3 Å². The Kier molecular flexibility index (Phi) is 6.57. The Hall–Kier alpha value is -2.96. The molecular weight excluding hydrogens is 394 g/mol. The van der Waals surface area contributed by atoms with Crippen molar-refractivity contribution in [1.29, 1.82) is 0 Å². The zero-order chi connectivity index (χ0) is 20.8. The summed E-state index contributed by atoms with van der Waals surface area (Å²) in [5.41, 5.74) is 3.67. The molecule has 6 heteroatoms. The van der Waals surface area contributed by atoms with Crippen molar-refractivity contribution in [1.82, 2.24) is 5.32 Å². The summed E-state index contributed by atoms with van der Waals surface area (Å²) >= 11 is 1.39. The number of carbonyl (C=O) groups is 2. The molecule has 1 fully saturated rings. The summed E-state index contributed by atoms with van der Waals surface area (Å²) in [4.78, 5) is 26.8. The number of hydrogen-bond donors (Lipinski definition) is 3. The lowest BCUT2D eigenvalue weighted by Gasteiger charge is -2.12. The molecule has 0 saturated carbocycles. The lowest BCUT2D eigenvalue weighted by Crippen LogP contribution is -3.08. The van der Waals surface area contributed by atoms with Gasteiger partial charge in [-0.25, -0.2) is 0 Å². The van der Waals surface area contributed by atoms with Crippen LogP contribution >= 0.6 is 11.3 Å². The first kappa shape index (κ1) is 20.3. The highest BCUT2D eigenvalue weighted by molar-refractivity contribution is 7.12. The number of benzene rings is 2. The Labute approximate surface area is 180 Å². The van der Waals surface area contributed by atoms with Gasteiger partial charge in [0.1, 0.15) is 6.54 Å². The van der Waals surface area contributed by atoms with E-state index in [1.807, 2.05) is 11.4 Å². The van der Waals surface area contributed by atoms with Gasteiger partial charge in [0.15, 0.2) is 0 Å². The van der Waals surface area contributed by atoms with Gasteiger partial charge in [-0.15, -0.1) is 11.3 Å². The maximum absolute atomic E-state index is 12.4. The largest absolute Gasteiger partial charge is 0.348 e. The van der Waals surface area contributed by atoms with Crippen LogP contribution in [0.15, 0.2) is 66.0 Å². The van der Waals surface area contributed by atoms with Crippen molar-refractivity contribution in [3.63, 3.8) is 0 Å². The zero-order valence-electron chi connectivity index (χ0n) is 16.8. The standard InChI is InChI=1S/C24H25N3O2S/c28-23(20-9-11-21(12-10-20)26-24(29)22-4-3-15-30-22)25-16-18-5-7-19(8-6-18)17-27-13-1-2-14-27/h3-12,15H,1-2,13-14,16-17H2,(H,25,28)(H,26,29)/p+1. The second kappa shape index (κ2) is 9.69. The molecule has 0 radical (unpaired) electrons. The molecule has 2 aromatic carbocycles. The predicted molar refractivity (Wildman–Crippen MR) is 120 cm³/mol. The van der Waals surface area contributed by atoms with Gasteiger partial charge in [0.25, 0.3) is 11.8 Å². The molecule has 2 heterocycles. The molecule has 0 spiro atoms. The number of rotatable bonds is 7. The summed E-state index contributed by atoms with van der Waals surface area (Å²) in [6.07, 6.45) is 2.67. The predicted octanol–water partition coefficient (Wildman–Crippen LogP) is 3.11. The number of thiophene rings is 1. The van der Waals surface area contributed by atoms with E-state index in [1.54, 1.807) is 35.2 Å². The molecule has 2 amide bonds. The fourth-order valence-corrected chi connectivity index (χ4v) is 4.32. The van der Waals surface area contributed by atoms with Crippen molar-refractivity contribution in [3.8, 4) is 0 Å². The molecule has 1 aromatic heterocycles. The number of carbonyl (C=O) groups excluding carboxylic acids is 2. The molecule has 1 saturated heterocycles. The fourth-order valence-electron chi connectivity index (χ4n) is 3.71. The highest BCUT2D eigenvalue weighted by Gasteiger charge is 2.15. The summed E-state index contributed by atoms with van der Waals surface area (Å²) in [7, 11) is 0. The summed E-state index contributed by atoms with van der Waals surface area (Å²) in [5, 5.41) is 7.66. The maximum atomic E-state index is 12.4. The Morgan fingerprint density at radius 1 is 0.867 bits per heavy atom. The summed E-state index contributed by atoms with van der Waals surface area (Å²) in [6.45, 7) is 4.12. The van der Waals surface area contributed by atoms with E-state index in [1.165, 1.54) is 42.8 Å². The van der Waals surface area contributed by atoms with Gasteiger partial charge in [0.05, 0.1) is 18.0 Å². The molecule has 3 aromatic rings. The molecular formula is C24H26N3O2S+. The normalized spacial score (nSPS) is 13.9. The Morgan fingerprint density at radius 3 is 2.23 bits per heavy atom. The molecule has 0 unspecified atom stereocenters. The average molecular weight is 421 g/mol. The summed E-state index contributed by atoms with van der Waals surface area (Å²) in [5.74, 6) is -0.270. The Balaban J connectivity index is 1.27. The zero-order valence-corrected chi connectivity index (χ0v) is 17.6. The SMILES string of the molecule is O=C(NCc1ccc(C[NH+]2CCCC2)cc1)c1ccc(NC(=O)c2cccs2)cc1. The molecule has 0 atom stereocenters. The van der Waals surface area contributed by atoms with Gasteiger partial charge in [0.2, 0.25) is 0 Å². The third kappa shape index (κ3) is 5.34. The molecule has 30 heavy (non-hydrogen) atoms. The third-order valence-corrected chi connectivity index (χ3v) is 6.26. The van der Waals surface area contributed by atoms with Crippen LogP contribution in [0.25, 0.3) is 0 Å². The molecule has 1 aliphatic heterocycles. The van der Waals surface area contributed by atoms with E-state index in [9.17, 15) is 9.59 Å². The lowest BCUT2D eigenvalue weighted by atomic mass is 10.1. The van der Waals surface area contributed by atoms with E-state index in [2.05, 4.69) is 34.9 Å². The number of anilines is 1. The van der Waals surface area contributed by atoms with Gasteiger partial charge in [0, 0.05) is 36.2 Å². The second-order valence-corrected chi connectivity index (χ2v) is 8.59. The van der Waals surface area contributed by atoms with E-state index in [0.717, 1.165) is 12.1 Å². The first-order valence-corrected chi connectivity index (χ1v) is 11.2. The van der Waals surface area contributed by atoms with Crippen LogP contribution in [0.3, 0.4) is 0 Å². The Morgan fingerprint density at radius 2 is 1.57 bits per heavy atom. The molecule has 154 valence electrons. The maximum Gasteiger partial charge on any atom is 0.265 e. The first-order chi connectivity index (χ1) is 14.7. The second-order valence-electron chi connectivity index (χ2n) is 7.64. The number of likely N-dealkylation sites (tertiary alicyclic amines) is 1. The van der Waals surface area contributed by atoms with Gasteiger partial charge in [-0.3, -0.25) is 9.59 Å². The minimum atomic E-state index is -0.142. The fraction of sp³-hybridized carbons (Fsp3) is 0.250. The number of nitrogens with one attached hydrogen (secondary N) is 3. The van der Waals surface area contributed by atoms with Gasteiger partial charge in [-0.1, -0.05) is 30.3 Å². The quantitative estimate of drug-likeness (QED) is 0.550. The van der Waals surface area contributed by atoms with E-state index in [0.29, 0.717) is 22.7 Å². The first-order valence-electron chi connectivity index (χ1n) is 10.3.